The van der Waals surface area contributed by atoms with Gasteiger partial charge in [0.05, 0.1) is 19.3 Å². The van der Waals surface area contributed by atoms with Crippen LogP contribution in [0.25, 0.3) is 0 Å². The highest BCUT2D eigenvalue weighted by Crippen LogP contribution is 2.32. The van der Waals surface area contributed by atoms with E-state index in [-0.39, 0.29) is 18.6 Å². The Labute approximate surface area is 138 Å². The molecular weight excluding hydrogens is 294 g/mol. The van der Waals surface area contributed by atoms with Crippen LogP contribution >= 0.6 is 0 Å². The molecule has 0 radical (unpaired) electrons. The van der Waals surface area contributed by atoms with E-state index in [1.165, 1.54) is 17.5 Å². The van der Waals surface area contributed by atoms with Crippen LogP contribution in [-0.2, 0) is 25.4 Å². The lowest BCUT2D eigenvalue weighted by Gasteiger charge is -2.25. The minimum Gasteiger partial charge on any atom is -0.382 e. The number of amides is 1. The van der Waals surface area contributed by atoms with Crippen LogP contribution in [0.5, 0.6) is 0 Å². The predicted octanol–water partition coefficient (Wildman–Crippen LogP) is 2.25. The van der Waals surface area contributed by atoms with E-state index in [1.54, 1.807) is 7.11 Å². The lowest BCUT2D eigenvalue weighted by atomic mass is 9.89. The van der Waals surface area contributed by atoms with Gasteiger partial charge in [0.15, 0.2) is 0 Å². The molecule has 0 unspecified atom stereocenters. The highest BCUT2D eigenvalue weighted by molar-refractivity contribution is 5.77. The van der Waals surface area contributed by atoms with Gasteiger partial charge < -0.3 is 19.5 Å². The van der Waals surface area contributed by atoms with Gasteiger partial charge in [0.2, 0.25) is 5.91 Å². The van der Waals surface area contributed by atoms with Gasteiger partial charge in [0.1, 0.15) is 6.61 Å². The quantitative estimate of drug-likeness (QED) is 0.672. The summed E-state index contributed by atoms with van der Waals surface area (Å²) in [5, 5.41) is 2.83. The average Bonchev–Trinajstić information content (AvgIpc) is 2.58. The van der Waals surface area contributed by atoms with Crippen LogP contribution in [0.1, 0.15) is 36.5 Å². The maximum Gasteiger partial charge on any atom is 0.246 e. The SMILES string of the molecule is COCCOCC(=O)NCCCO[C@H]1CCCc2ccccc21. The van der Waals surface area contributed by atoms with Gasteiger partial charge in [-0.3, -0.25) is 4.79 Å². The van der Waals surface area contributed by atoms with Gasteiger partial charge >= 0.3 is 0 Å². The second kappa shape index (κ2) is 10.4. The Morgan fingerprint density at radius 3 is 3.00 bits per heavy atom. The van der Waals surface area contributed by atoms with Crippen molar-refractivity contribution >= 4 is 5.91 Å². The predicted molar refractivity (Wildman–Crippen MR) is 88.4 cm³/mol. The van der Waals surface area contributed by atoms with Gasteiger partial charge in [-0.2, -0.15) is 0 Å². The van der Waals surface area contributed by atoms with Crippen molar-refractivity contribution in [2.24, 2.45) is 0 Å². The number of fused-ring (bicyclic) bond motifs is 1. The molecule has 1 aliphatic rings. The van der Waals surface area contributed by atoms with Crippen LogP contribution < -0.4 is 5.32 Å². The summed E-state index contributed by atoms with van der Waals surface area (Å²) in [4.78, 5) is 11.5. The van der Waals surface area contributed by atoms with Crippen LogP contribution in [0.2, 0.25) is 0 Å². The van der Waals surface area contributed by atoms with E-state index in [2.05, 4.69) is 29.6 Å². The lowest BCUT2D eigenvalue weighted by Crippen LogP contribution is -2.29. The summed E-state index contributed by atoms with van der Waals surface area (Å²) in [7, 11) is 1.61. The van der Waals surface area contributed by atoms with Crippen LogP contribution in [-0.4, -0.2) is 46.0 Å². The zero-order valence-corrected chi connectivity index (χ0v) is 13.9. The van der Waals surface area contributed by atoms with Crippen molar-refractivity contribution in [1.82, 2.24) is 5.32 Å². The van der Waals surface area contributed by atoms with Gasteiger partial charge in [-0.15, -0.1) is 0 Å². The van der Waals surface area contributed by atoms with Gasteiger partial charge in [-0.1, -0.05) is 24.3 Å². The van der Waals surface area contributed by atoms with Crippen molar-refractivity contribution in [2.45, 2.75) is 31.8 Å². The lowest BCUT2D eigenvalue weighted by molar-refractivity contribution is -0.126. The highest BCUT2D eigenvalue weighted by atomic mass is 16.5. The maximum absolute atomic E-state index is 11.5. The Kier molecular flexibility index (Phi) is 8.07. The molecule has 1 aliphatic carbocycles. The molecule has 0 spiro atoms. The molecule has 23 heavy (non-hydrogen) atoms. The fourth-order valence-electron chi connectivity index (χ4n) is 2.77. The Morgan fingerprint density at radius 2 is 2.13 bits per heavy atom. The van der Waals surface area contributed by atoms with Gasteiger partial charge in [-0.25, -0.2) is 0 Å². The molecule has 5 heteroatoms. The van der Waals surface area contributed by atoms with Crippen molar-refractivity contribution in [3.05, 3.63) is 35.4 Å². The first-order chi connectivity index (χ1) is 11.3. The van der Waals surface area contributed by atoms with Gasteiger partial charge in [0.25, 0.3) is 0 Å². The number of carbonyl (C=O) groups is 1. The molecule has 0 saturated carbocycles. The van der Waals surface area contributed by atoms with E-state index in [4.69, 9.17) is 14.2 Å². The summed E-state index contributed by atoms with van der Waals surface area (Å²) < 4.78 is 16.0. The molecule has 1 N–H and O–H groups in total. The summed E-state index contributed by atoms with van der Waals surface area (Å²) in [5.41, 5.74) is 2.74. The Bertz CT molecular complexity index is 478. The number of methoxy groups -OCH3 is 1. The molecule has 1 aromatic carbocycles. The maximum atomic E-state index is 11.5. The fourth-order valence-corrected chi connectivity index (χ4v) is 2.77. The second-order valence-electron chi connectivity index (χ2n) is 5.70. The molecule has 1 atom stereocenters. The van der Waals surface area contributed by atoms with Crippen molar-refractivity contribution in [3.8, 4) is 0 Å². The largest absolute Gasteiger partial charge is 0.382 e. The number of ether oxygens (including phenoxy) is 3. The van der Waals surface area contributed by atoms with E-state index < -0.39 is 0 Å². The third-order valence-corrected chi connectivity index (χ3v) is 3.94. The summed E-state index contributed by atoms with van der Waals surface area (Å²) in [6.45, 7) is 2.29. The average molecular weight is 321 g/mol. The molecule has 1 amide bonds. The first-order valence-electron chi connectivity index (χ1n) is 8.34. The fraction of sp³-hybridized carbons (Fsp3) is 0.611. The topological polar surface area (TPSA) is 56.8 Å². The molecule has 0 heterocycles. The Balaban J connectivity index is 1.57. The molecule has 0 fully saturated rings. The van der Waals surface area contributed by atoms with Crippen molar-refractivity contribution in [3.63, 3.8) is 0 Å². The molecule has 1 aromatic rings. The first-order valence-corrected chi connectivity index (χ1v) is 8.34. The van der Waals surface area contributed by atoms with Gasteiger partial charge in [0, 0.05) is 20.3 Å². The second-order valence-corrected chi connectivity index (χ2v) is 5.70. The standard InChI is InChI=1S/C18H27NO4/c1-21-12-13-22-14-18(20)19-10-5-11-23-17-9-4-7-15-6-2-3-8-16(15)17/h2-3,6,8,17H,4-5,7,9-14H2,1H3,(H,19,20)/t17-/m0/s1. The van der Waals surface area contributed by atoms with Crippen LogP contribution in [0.15, 0.2) is 24.3 Å². The molecule has 2 rings (SSSR count). The number of hydrogen-bond donors (Lipinski definition) is 1. The number of nitrogens with one attached hydrogen (secondary N) is 1. The van der Waals surface area contributed by atoms with Crippen molar-refractivity contribution < 1.29 is 19.0 Å². The Hall–Kier alpha value is -1.43. The minimum absolute atomic E-state index is 0.0835. The van der Waals surface area contributed by atoms with E-state index in [9.17, 15) is 4.79 Å². The van der Waals surface area contributed by atoms with Crippen molar-refractivity contribution in [1.29, 1.82) is 0 Å². The summed E-state index contributed by atoms with van der Waals surface area (Å²) in [6, 6.07) is 8.52. The smallest absolute Gasteiger partial charge is 0.246 e. The molecular formula is C18H27NO4. The number of benzene rings is 1. The third kappa shape index (κ3) is 6.29. The summed E-state index contributed by atoms with van der Waals surface area (Å²) in [6.07, 6.45) is 4.42. The van der Waals surface area contributed by atoms with E-state index in [1.807, 2.05) is 0 Å². The molecule has 128 valence electrons. The molecule has 0 saturated heterocycles. The zero-order chi connectivity index (χ0) is 16.3. The van der Waals surface area contributed by atoms with E-state index >= 15 is 0 Å². The zero-order valence-electron chi connectivity index (χ0n) is 13.9. The summed E-state index contributed by atoms with van der Waals surface area (Å²) >= 11 is 0. The number of hydrogen-bond acceptors (Lipinski definition) is 4. The number of aryl methyl sites for hydroxylation is 1. The number of rotatable bonds is 10. The molecule has 5 nitrogen and oxygen atoms in total. The normalized spacial score (nSPS) is 16.8. The van der Waals surface area contributed by atoms with E-state index in [0.717, 1.165) is 19.3 Å². The third-order valence-electron chi connectivity index (χ3n) is 3.94. The first kappa shape index (κ1) is 17.9. The van der Waals surface area contributed by atoms with Crippen LogP contribution in [0.4, 0.5) is 0 Å². The Morgan fingerprint density at radius 1 is 1.26 bits per heavy atom. The molecule has 0 aliphatic heterocycles. The van der Waals surface area contributed by atoms with Crippen LogP contribution in [0.3, 0.4) is 0 Å². The highest BCUT2D eigenvalue weighted by Gasteiger charge is 2.19. The summed E-state index contributed by atoms with van der Waals surface area (Å²) in [5.74, 6) is -0.0934. The number of carbonyl (C=O) groups excluding carboxylic acids is 1. The van der Waals surface area contributed by atoms with Crippen molar-refractivity contribution in [2.75, 3.05) is 40.1 Å². The van der Waals surface area contributed by atoms with E-state index in [0.29, 0.717) is 26.4 Å². The molecule has 0 bridgehead atoms. The minimum atomic E-state index is -0.0934. The monoisotopic (exact) mass is 321 g/mol. The van der Waals surface area contributed by atoms with Gasteiger partial charge in [-0.05, 0) is 36.8 Å². The molecule has 0 aromatic heterocycles. The van der Waals surface area contributed by atoms with Crippen LogP contribution in [0, 0.1) is 0 Å².